The zero-order valence-electron chi connectivity index (χ0n) is 17.0. The summed E-state index contributed by atoms with van der Waals surface area (Å²) in [6.07, 6.45) is -2.86. The lowest BCUT2D eigenvalue weighted by molar-refractivity contribution is -0.137. The van der Waals surface area contributed by atoms with Crippen molar-refractivity contribution in [2.24, 2.45) is 5.92 Å². The Morgan fingerprint density at radius 1 is 1.03 bits per heavy atom. The Morgan fingerprint density at radius 3 is 2.53 bits per heavy atom. The molecule has 1 atom stereocenters. The molecule has 3 aromatic rings. The van der Waals surface area contributed by atoms with E-state index in [0.717, 1.165) is 17.7 Å². The number of alkyl halides is 3. The molecule has 1 fully saturated rings. The monoisotopic (exact) mass is 442 g/mol. The van der Waals surface area contributed by atoms with Gasteiger partial charge in [-0.3, -0.25) is 9.59 Å². The van der Waals surface area contributed by atoms with Crippen LogP contribution in [0, 0.1) is 5.92 Å². The first-order valence-electron chi connectivity index (χ1n) is 10.1. The van der Waals surface area contributed by atoms with E-state index in [4.69, 9.17) is 0 Å². The van der Waals surface area contributed by atoms with E-state index in [1.54, 1.807) is 16.9 Å². The van der Waals surface area contributed by atoms with Crippen LogP contribution in [-0.2, 0) is 28.9 Å². The fourth-order valence-corrected chi connectivity index (χ4v) is 3.72. The summed E-state index contributed by atoms with van der Waals surface area (Å²) in [5.74, 6) is -0.656. The summed E-state index contributed by atoms with van der Waals surface area (Å²) >= 11 is 0. The summed E-state index contributed by atoms with van der Waals surface area (Å²) in [5.41, 5.74) is 0.632. The number of rotatable bonds is 6. The molecule has 1 N–H and O–H groups in total. The minimum atomic E-state index is -4.45. The first kappa shape index (κ1) is 21.6. The van der Waals surface area contributed by atoms with Crippen molar-refractivity contribution >= 4 is 17.6 Å². The summed E-state index contributed by atoms with van der Waals surface area (Å²) in [6, 6.07) is 16.2. The van der Waals surface area contributed by atoms with Gasteiger partial charge in [-0.15, -0.1) is 0 Å². The average molecular weight is 442 g/mol. The molecule has 4 rings (SSSR count). The zero-order chi connectivity index (χ0) is 22.7. The van der Waals surface area contributed by atoms with Crippen molar-refractivity contribution in [2.75, 3.05) is 11.9 Å². The maximum absolute atomic E-state index is 12.9. The van der Waals surface area contributed by atoms with Crippen molar-refractivity contribution in [3.8, 4) is 0 Å². The van der Waals surface area contributed by atoms with Crippen molar-refractivity contribution in [1.82, 2.24) is 14.7 Å². The third kappa shape index (κ3) is 4.99. The Morgan fingerprint density at radius 2 is 1.78 bits per heavy atom. The Labute approximate surface area is 182 Å². The molecule has 1 unspecified atom stereocenters. The Hall–Kier alpha value is -3.62. The number of carbonyl (C=O) groups excluding carboxylic acids is 2. The average Bonchev–Trinajstić information content (AvgIpc) is 3.35. The highest BCUT2D eigenvalue weighted by Crippen LogP contribution is 2.30. The van der Waals surface area contributed by atoms with Crippen LogP contribution in [0.2, 0.25) is 0 Å². The van der Waals surface area contributed by atoms with Crippen LogP contribution in [0.3, 0.4) is 0 Å². The second-order valence-corrected chi connectivity index (χ2v) is 7.72. The van der Waals surface area contributed by atoms with Crippen LogP contribution in [-0.4, -0.2) is 33.0 Å². The molecule has 0 saturated carbocycles. The van der Waals surface area contributed by atoms with Gasteiger partial charge in [-0.25, -0.2) is 4.68 Å². The Kier molecular flexibility index (Phi) is 5.98. The molecule has 2 amide bonds. The number of amides is 2. The fourth-order valence-electron chi connectivity index (χ4n) is 3.72. The van der Waals surface area contributed by atoms with Gasteiger partial charge in [0.05, 0.1) is 24.2 Å². The number of likely N-dealkylation sites (tertiary alicyclic amines) is 1. The molecule has 0 spiro atoms. The third-order valence-electron chi connectivity index (χ3n) is 5.36. The molecular weight excluding hydrogens is 421 g/mol. The van der Waals surface area contributed by atoms with E-state index in [2.05, 4.69) is 10.4 Å². The quantitative estimate of drug-likeness (QED) is 0.629. The van der Waals surface area contributed by atoms with Crippen molar-refractivity contribution in [3.05, 3.63) is 83.6 Å². The number of benzene rings is 2. The van der Waals surface area contributed by atoms with Gasteiger partial charge in [-0.2, -0.15) is 18.3 Å². The van der Waals surface area contributed by atoms with Crippen LogP contribution >= 0.6 is 0 Å². The van der Waals surface area contributed by atoms with E-state index < -0.39 is 17.7 Å². The molecule has 2 heterocycles. The number of hydrogen-bond donors (Lipinski definition) is 1. The molecule has 32 heavy (non-hydrogen) atoms. The van der Waals surface area contributed by atoms with Gasteiger partial charge < -0.3 is 10.2 Å². The van der Waals surface area contributed by atoms with Crippen molar-refractivity contribution in [1.29, 1.82) is 0 Å². The first-order chi connectivity index (χ1) is 15.3. The topological polar surface area (TPSA) is 67.2 Å². The summed E-state index contributed by atoms with van der Waals surface area (Å²) in [6.45, 7) is 0.654. The molecule has 2 aromatic carbocycles. The van der Waals surface area contributed by atoms with Crippen molar-refractivity contribution < 1.29 is 22.8 Å². The summed E-state index contributed by atoms with van der Waals surface area (Å²) < 4.78 is 40.5. The van der Waals surface area contributed by atoms with Gasteiger partial charge in [-0.05, 0) is 23.3 Å². The minimum Gasteiger partial charge on any atom is -0.338 e. The normalized spacial score (nSPS) is 16.4. The summed E-state index contributed by atoms with van der Waals surface area (Å²) in [5, 5.41) is 7.06. The fraction of sp³-hybridized carbons (Fsp3) is 0.261. The van der Waals surface area contributed by atoms with Crippen LogP contribution in [0.5, 0.6) is 0 Å². The molecule has 6 nitrogen and oxygen atoms in total. The summed E-state index contributed by atoms with van der Waals surface area (Å²) in [7, 11) is 0. The summed E-state index contributed by atoms with van der Waals surface area (Å²) in [4.78, 5) is 26.6. The van der Waals surface area contributed by atoms with Crippen molar-refractivity contribution in [3.63, 3.8) is 0 Å². The number of halogens is 3. The lowest BCUT2D eigenvalue weighted by Gasteiger charge is -2.18. The lowest BCUT2D eigenvalue weighted by Crippen LogP contribution is -2.28. The van der Waals surface area contributed by atoms with Crippen LogP contribution in [0.4, 0.5) is 19.0 Å². The number of anilines is 1. The molecule has 1 aromatic heterocycles. The van der Waals surface area contributed by atoms with E-state index in [1.807, 2.05) is 30.3 Å². The number of nitrogens with zero attached hydrogens (tertiary/aromatic N) is 3. The molecule has 0 bridgehead atoms. The SMILES string of the molecule is O=C(Nc1ccnn1Cc1ccccc1)C1CC(=O)N(Cc2cccc(C(F)(F)F)c2)C1. The van der Waals surface area contributed by atoms with E-state index in [9.17, 15) is 22.8 Å². The van der Waals surface area contributed by atoms with Gasteiger partial charge in [0.25, 0.3) is 0 Å². The van der Waals surface area contributed by atoms with Gasteiger partial charge in [-0.1, -0.05) is 42.5 Å². The zero-order valence-corrected chi connectivity index (χ0v) is 17.0. The molecular formula is C23H21F3N4O2. The van der Waals surface area contributed by atoms with Gasteiger partial charge in [0, 0.05) is 25.6 Å². The highest BCUT2D eigenvalue weighted by molar-refractivity contribution is 5.96. The predicted molar refractivity (Wildman–Crippen MR) is 111 cm³/mol. The Bertz CT molecular complexity index is 1110. The molecule has 166 valence electrons. The number of aromatic nitrogens is 2. The van der Waals surface area contributed by atoms with Gasteiger partial charge in [0.2, 0.25) is 11.8 Å². The third-order valence-corrected chi connectivity index (χ3v) is 5.36. The Balaban J connectivity index is 1.39. The van der Waals surface area contributed by atoms with E-state index in [0.29, 0.717) is 17.9 Å². The lowest BCUT2D eigenvalue weighted by atomic mass is 10.1. The van der Waals surface area contributed by atoms with Crippen LogP contribution < -0.4 is 5.32 Å². The van der Waals surface area contributed by atoms with Crippen LogP contribution in [0.15, 0.2) is 66.9 Å². The predicted octanol–water partition coefficient (Wildman–Crippen LogP) is 3.94. The largest absolute Gasteiger partial charge is 0.416 e. The smallest absolute Gasteiger partial charge is 0.338 e. The van der Waals surface area contributed by atoms with Crippen molar-refractivity contribution in [2.45, 2.75) is 25.7 Å². The number of nitrogens with one attached hydrogen (secondary N) is 1. The van der Waals surface area contributed by atoms with Crippen LogP contribution in [0.25, 0.3) is 0 Å². The van der Waals surface area contributed by atoms with Gasteiger partial charge in [0.15, 0.2) is 0 Å². The van der Waals surface area contributed by atoms with Gasteiger partial charge >= 0.3 is 6.18 Å². The van der Waals surface area contributed by atoms with E-state index >= 15 is 0 Å². The highest BCUT2D eigenvalue weighted by atomic mass is 19.4. The van der Waals surface area contributed by atoms with Gasteiger partial charge in [0.1, 0.15) is 5.82 Å². The number of carbonyl (C=O) groups is 2. The van der Waals surface area contributed by atoms with E-state index in [-0.39, 0.29) is 31.3 Å². The second-order valence-electron chi connectivity index (χ2n) is 7.72. The molecule has 1 aliphatic rings. The maximum Gasteiger partial charge on any atom is 0.416 e. The maximum atomic E-state index is 12.9. The highest BCUT2D eigenvalue weighted by Gasteiger charge is 2.35. The van der Waals surface area contributed by atoms with Crippen LogP contribution in [0.1, 0.15) is 23.1 Å². The molecule has 0 aliphatic carbocycles. The molecule has 0 radical (unpaired) electrons. The van der Waals surface area contributed by atoms with E-state index in [1.165, 1.54) is 17.0 Å². The second kappa shape index (κ2) is 8.86. The number of hydrogen-bond acceptors (Lipinski definition) is 3. The minimum absolute atomic E-state index is 0.0115. The standard InChI is InChI=1S/C23H21F3N4O2/c24-23(25,26)19-8-4-7-17(11-19)13-29-15-18(12-21(29)31)22(32)28-20-9-10-27-30(20)14-16-5-2-1-3-6-16/h1-11,18H,12-15H2,(H,28,32). The molecule has 1 aliphatic heterocycles. The molecule has 9 heteroatoms. The molecule has 1 saturated heterocycles. The first-order valence-corrected chi connectivity index (χ1v) is 10.1.